The Kier molecular flexibility index (Phi) is 8.57. The second-order valence-electron chi connectivity index (χ2n) is 10.0. The topological polar surface area (TPSA) is 0 Å². The Labute approximate surface area is 218 Å². The molecule has 3 aromatic carbocycles. The second-order valence-corrected chi connectivity index (χ2v) is 10.5. The van der Waals surface area contributed by atoms with Crippen molar-refractivity contribution in [1.82, 2.24) is 0 Å². The Balaban J connectivity index is 1.47. The van der Waals surface area contributed by atoms with Crippen molar-refractivity contribution in [1.29, 1.82) is 0 Å². The van der Waals surface area contributed by atoms with E-state index in [1.54, 1.807) is 6.07 Å². The maximum atomic E-state index is 14.9. The van der Waals surface area contributed by atoms with Crippen molar-refractivity contribution in [2.75, 3.05) is 0 Å². The van der Waals surface area contributed by atoms with Gasteiger partial charge in [0, 0.05) is 11.1 Å². The predicted octanol–water partition coefficient (Wildman–Crippen LogP) is 10.4. The molecular formula is C30H29ClF6. The first-order chi connectivity index (χ1) is 17.6. The van der Waals surface area contributed by atoms with Gasteiger partial charge in [-0.2, -0.15) is 8.78 Å². The van der Waals surface area contributed by atoms with Crippen LogP contribution in [0.3, 0.4) is 0 Å². The summed E-state index contributed by atoms with van der Waals surface area (Å²) < 4.78 is 84.6. The Morgan fingerprint density at radius 2 is 1.22 bits per heavy atom. The van der Waals surface area contributed by atoms with E-state index in [1.807, 2.05) is 6.07 Å². The van der Waals surface area contributed by atoms with Crippen LogP contribution in [0.2, 0.25) is 0 Å². The monoisotopic (exact) mass is 538 g/mol. The van der Waals surface area contributed by atoms with Crippen molar-refractivity contribution in [3.63, 3.8) is 0 Å². The fraction of sp³-hybridized carbons (Fsp3) is 0.400. The van der Waals surface area contributed by atoms with Crippen LogP contribution >= 0.6 is 11.6 Å². The SMILES string of the molecule is CCCC1CCC(CCc2ccc(-c3ccc(-c4cc(F)c(C(F)(F)Cl)c(F)c4)c(F)c3)c(F)c2)CC1. The van der Waals surface area contributed by atoms with Gasteiger partial charge in [-0.15, -0.1) is 0 Å². The van der Waals surface area contributed by atoms with E-state index in [1.165, 1.54) is 56.7 Å². The van der Waals surface area contributed by atoms with Crippen molar-refractivity contribution >= 4 is 11.6 Å². The standard InChI is InChI=1S/C30H29ClF6/c1-2-3-18-4-6-19(7-5-18)8-9-20-10-12-23(25(32)14-20)21-11-13-24(26(33)15-21)22-16-27(34)29(28(35)17-22)30(31,36)37/h10-19H,2-9H2,1H3. The molecule has 0 spiro atoms. The summed E-state index contributed by atoms with van der Waals surface area (Å²) in [5.41, 5.74) is -0.745. The lowest BCUT2D eigenvalue weighted by Gasteiger charge is -2.28. The normalized spacial score (nSPS) is 18.3. The molecule has 3 aromatic rings. The number of rotatable bonds is 8. The third-order valence-electron chi connectivity index (χ3n) is 7.45. The summed E-state index contributed by atoms with van der Waals surface area (Å²) in [5, 5.41) is -4.24. The molecular weight excluding hydrogens is 510 g/mol. The van der Waals surface area contributed by atoms with Gasteiger partial charge in [-0.25, -0.2) is 17.6 Å². The zero-order valence-corrected chi connectivity index (χ0v) is 21.3. The third-order valence-corrected chi connectivity index (χ3v) is 7.64. The van der Waals surface area contributed by atoms with Crippen LogP contribution in [0.1, 0.15) is 63.0 Å². The van der Waals surface area contributed by atoms with Crippen LogP contribution in [0.5, 0.6) is 0 Å². The molecule has 0 aromatic heterocycles. The van der Waals surface area contributed by atoms with Gasteiger partial charge in [0.1, 0.15) is 28.8 Å². The average Bonchev–Trinajstić information content (AvgIpc) is 2.82. The maximum absolute atomic E-state index is 14.9. The quantitative estimate of drug-likeness (QED) is 0.198. The first-order valence-electron chi connectivity index (χ1n) is 12.7. The van der Waals surface area contributed by atoms with E-state index in [9.17, 15) is 26.3 Å². The molecule has 1 fully saturated rings. The van der Waals surface area contributed by atoms with Gasteiger partial charge >= 0.3 is 5.38 Å². The van der Waals surface area contributed by atoms with E-state index in [4.69, 9.17) is 11.6 Å². The molecule has 0 bridgehead atoms. The first-order valence-corrected chi connectivity index (χ1v) is 13.1. The van der Waals surface area contributed by atoms with E-state index in [0.717, 1.165) is 30.4 Å². The number of hydrogen-bond donors (Lipinski definition) is 0. The van der Waals surface area contributed by atoms with Crippen molar-refractivity contribution in [2.24, 2.45) is 11.8 Å². The Morgan fingerprint density at radius 1 is 0.703 bits per heavy atom. The number of aryl methyl sites for hydroxylation is 1. The van der Waals surface area contributed by atoms with Crippen molar-refractivity contribution in [3.05, 3.63) is 82.9 Å². The maximum Gasteiger partial charge on any atom is 0.353 e. The van der Waals surface area contributed by atoms with Crippen LogP contribution in [0.25, 0.3) is 22.3 Å². The lowest BCUT2D eigenvalue weighted by molar-refractivity contribution is 0.0859. The smallest absolute Gasteiger partial charge is 0.206 e. The molecule has 0 nitrogen and oxygen atoms in total. The molecule has 0 amide bonds. The molecule has 4 rings (SSSR count). The highest BCUT2D eigenvalue weighted by molar-refractivity contribution is 6.21. The van der Waals surface area contributed by atoms with Gasteiger partial charge in [-0.3, -0.25) is 0 Å². The Morgan fingerprint density at radius 3 is 1.76 bits per heavy atom. The van der Waals surface area contributed by atoms with Gasteiger partial charge in [-0.1, -0.05) is 69.7 Å². The lowest BCUT2D eigenvalue weighted by atomic mass is 9.78. The number of alkyl halides is 3. The van der Waals surface area contributed by atoms with Crippen LogP contribution < -0.4 is 0 Å². The summed E-state index contributed by atoms with van der Waals surface area (Å²) >= 11 is 4.77. The van der Waals surface area contributed by atoms with Gasteiger partial charge in [0.25, 0.3) is 0 Å². The molecule has 0 N–H and O–H groups in total. The summed E-state index contributed by atoms with van der Waals surface area (Å²) in [7, 11) is 0. The van der Waals surface area contributed by atoms with Crippen LogP contribution in [0.4, 0.5) is 26.3 Å². The van der Waals surface area contributed by atoms with Crippen molar-refractivity contribution in [2.45, 2.75) is 63.7 Å². The first kappa shape index (κ1) is 27.6. The van der Waals surface area contributed by atoms with Gasteiger partial charge in [0.2, 0.25) is 0 Å². The molecule has 0 atom stereocenters. The molecule has 198 valence electrons. The van der Waals surface area contributed by atoms with Crippen molar-refractivity contribution in [3.8, 4) is 22.3 Å². The van der Waals surface area contributed by atoms with E-state index < -0.39 is 34.2 Å². The molecule has 0 saturated heterocycles. The van der Waals surface area contributed by atoms with Crippen LogP contribution in [-0.4, -0.2) is 0 Å². The molecule has 0 heterocycles. The molecule has 0 radical (unpaired) electrons. The molecule has 7 heteroatoms. The van der Waals surface area contributed by atoms with Gasteiger partial charge in [0.05, 0.1) is 0 Å². The highest BCUT2D eigenvalue weighted by Gasteiger charge is 2.35. The van der Waals surface area contributed by atoms with E-state index in [2.05, 4.69) is 6.92 Å². The molecule has 0 aliphatic heterocycles. The highest BCUT2D eigenvalue weighted by Crippen LogP contribution is 2.39. The lowest BCUT2D eigenvalue weighted by Crippen LogP contribution is -2.15. The van der Waals surface area contributed by atoms with Crippen LogP contribution in [0.15, 0.2) is 48.5 Å². The molecule has 1 aliphatic rings. The predicted molar refractivity (Wildman–Crippen MR) is 136 cm³/mol. The zero-order chi connectivity index (χ0) is 26.7. The van der Waals surface area contributed by atoms with E-state index >= 15 is 0 Å². The van der Waals surface area contributed by atoms with Crippen LogP contribution in [0, 0.1) is 35.1 Å². The minimum atomic E-state index is -4.24. The van der Waals surface area contributed by atoms with Gasteiger partial charge in [0.15, 0.2) is 0 Å². The molecule has 1 saturated carbocycles. The molecule has 37 heavy (non-hydrogen) atoms. The number of halogens is 7. The van der Waals surface area contributed by atoms with E-state index in [-0.39, 0.29) is 22.3 Å². The van der Waals surface area contributed by atoms with Crippen LogP contribution in [-0.2, 0) is 11.8 Å². The Bertz CT molecular complexity index is 1220. The minimum Gasteiger partial charge on any atom is -0.206 e. The third kappa shape index (κ3) is 6.51. The van der Waals surface area contributed by atoms with Gasteiger partial charge < -0.3 is 0 Å². The summed E-state index contributed by atoms with van der Waals surface area (Å²) in [6.45, 7) is 2.22. The summed E-state index contributed by atoms with van der Waals surface area (Å²) in [5.74, 6) is -3.02. The van der Waals surface area contributed by atoms with E-state index in [0.29, 0.717) is 18.1 Å². The second kappa shape index (κ2) is 11.5. The minimum absolute atomic E-state index is 0.198. The molecule has 0 unspecified atom stereocenters. The number of hydrogen-bond acceptors (Lipinski definition) is 0. The summed E-state index contributed by atoms with van der Waals surface area (Å²) in [6, 6.07) is 9.82. The fourth-order valence-electron chi connectivity index (χ4n) is 5.45. The van der Waals surface area contributed by atoms with Crippen molar-refractivity contribution < 1.29 is 26.3 Å². The highest BCUT2D eigenvalue weighted by atomic mass is 35.5. The largest absolute Gasteiger partial charge is 0.353 e. The molecule has 1 aliphatic carbocycles. The van der Waals surface area contributed by atoms with Gasteiger partial charge in [-0.05, 0) is 77.2 Å². The number of benzene rings is 3. The average molecular weight is 539 g/mol. The summed E-state index contributed by atoms with van der Waals surface area (Å²) in [4.78, 5) is 0. The summed E-state index contributed by atoms with van der Waals surface area (Å²) in [6.07, 6.45) is 9.32. The Hall–Kier alpha value is -2.47. The fourth-order valence-corrected chi connectivity index (χ4v) is 5.63. The zero-order valence-electron chi connectivity index (χ0n) is 20.6.